The van der Waals surface area contributed by atoms with E-state index in [2.05, 4.69) is 12.1 Å². The molecule has 0 saturated carbocycles. The summed E-state index contributed by atoms with van der Waals surface area (Å²) in [6.07, 6.45) is 0.893. The van der Waals surface area contributed by atoms with E-state index in [1.165, 1.54) is 5.56 Å². The van der Waals surface area contributed by atoms with Crippen molar-refractivity contribution in [1.82, 2.24) is 4.90 Å². The van der Waals surface area contributed by atoms with Gasteiger partial charge in [0, 0.05) is 6.54 Å². The smallest absolute Gasteiger partial charge is 0.317 e. The Labute approximate surface area is 84.0 Å². The third kappa shape index (κ3) is 4.05. The number of hydrogen-bond acceptors (Lipinski definition) is 2. The van der Waals surface area contributed by atoms with Crippen molar-refractivity contribution in [3.8, 4) is 0 Å². The van der Waals surface area contributed by atoms with Gasteiger partial charge in [0.1, 0.15) is 0 Å². The van der Waals surface area contributed by atoms with E-state index < -0.39 is 5.97 Å². The van der Waals surface area contributed by atoms with Crippen LogP contribution in [-0.2, 0) is 11.2 Å². The average molecular weight is 193 g/mol. The summed E-state index contributed by atoms with van der Waals surface area (Å²) < 4.78 is 0. The highest BCUT2D eigenvalue weighted by molar-refractivity contribution is 5.68. The molecule has 3 heteroatoms. The molecule has 0 aliphatic heterocycles. The maximum absolute atomic E-state index is 10.4. The van der Waals surface area contributed by atoms with Gasteiger partial charge in [0.25, 0.3) is 0 Å². The lowest BCUT2D eigenvalue weighted by molar-refractivity contribution is -0.137. The first kappa shape index (κ1) is 10.7. The van der Waals surface area contributed by atoms with Crippen molar-refractivity contribution in [2.24, 2.45) is 0 Å². The second-order valence-corrected chi connectivity index (χ2v) is 3.37. The summed E-state index contributed by atoms with van der Waals surface area (Å²) in [6.45, 7) is 0.878. The summed E-state index contributed by atoms with van der Waals surface area (Å²) in [5.41, 5.74) is 1.24. The van der Waals surface area contributed by atoms with Crippen LogP contribution in [0.5, 0.6) is 0 Å². The van der Waals surface area contributed by atoms with Gasteiger partial charge in [0.15, 0.2) is 0 Å². The second kappa shape index (κ2) is 5.40. The zero-order chi connectivity index (χ0) is 10.4. The summed E-state index contributed by atoms with van der Waals surface area (Å²) in [4.78, 5) is 12.2. The largest absolute Gasteiger partial charge is 0.480 e. The summed E-state index contributed by atoms with van der Waals surface area (Å²) >= 11 is 0. The number of carboxylic acids is 1. The molecule has 1 rings (SSSR count). The van der Waals surface area contributed by atoms with Gasteiger partial charge in [-0.2, -0.15) is 0 Å². The quantitative estimate of drug-likeness (QED) is 0.765. The summed E-state index contributed by atoms with van der Waals surface area (Å²) in [5.74, 6) is -0.777. The van der Waals surface area contributed by atoms with Crippen LogP contribution < -0.4 is 0 Å². The third-order valence-corrected chi connectivity index (χ3v) is 2.03. The molecule has 1 aromatic rings. The Bertz CT molecular complexity index is 285. The Kier molecular flexibility index (Phi) is 4.13. The first-order valence-electron chi connectivity index (χ1n) is 4.63. The minimum Gasteiger partial charge on any atom is -0.480 e. The fourth-order valence-electron chi connectivity index (χ4n) is 1.27. The monoisotopic (exact) mass is 193 g/mol. The number of likely N-dealkylation sites (N-methyl/N-ethyl adjacent to an activating group) is 1. The molecule has 0 atom stereocenters. The molecule has 0 bridgehead atoms. The molecule has 0 fully saturated rings. The van der Waals surface area contributed by atoms with E-state index in [4.69, 9.17) is 5.11 Å². The first-order chi connectivity index (χ1) is 6.68. The Balaban J connectivity index is 2.30. The normalized spacial score (nSPS) is 10.4. The molecule has 1 aromatic carbocycles. The first-order valence-corrected chi connectivity index (χ1v) is 4.63. The molecule has 0 spiro atoms. The maximum atomic E-state index is 10.4. The molecule has 0 amide bonds. The van der Waals surface area contributed by atoms with E-state index in [0.29, 0.717) is 0 Å². The topological polar surface area (TPSA) is 40.5 Å². The number of hydrogen-bond donors (Lipinski definition) is 1. The molecule has 76 valence electrons. The molecule has 0 saturated heterocycles. The number of aliphatic carboxylic acids is 1. The summed E-state index contributed by atoms with van der Waals surface area (Å²) in [5, 5.41) is 8.54. The highest BCUT2D eigenvalue weighted by Crippen LogP contribution is 2.00. The lowest BCUT2D eigenvalue weighted by atomic mass is 10.1. The standard InChI is InChI=1S/C11H15NO2/c1-12(9-11(13)14)8-7-10-5-3-2-4-6-10/h2-6H,7-9H2,1H3,(H,13,14). The summed E-state index contributed by atoms with van der Waals surface area (Å²) in [7, 11) is 1.82. The Hall–Kier alpha value is -1.35. The molecular weight excluding hydrogens is 178 g/mol. The van der Waals surface area contributed by atoms with Gasteiger partial charge in [-0.1, -0.05) is 30.3 Å². The second-order valence-electron chi connectivity index (χ2n) is 3.37. The number of carboxylic acid groups (broad SMARTS) is 1. The predicted octanol–water partition coefficient (Wildman–Crippen LogP) is 1.25. The highest BCUT2D eigenvalue weighted by atomic mass is 16.4. The van der Waals surface area contributed by atoms with E-state index in [0.717, 1.165) is 13.0 Å². The van der Waals surface area contributed by atoms with Gasteiger partial charge < -0.3 is 5.11 Å². The lowest BCUT2D eigenvalue weighted by Gasteiger charge is -2.13. The van der Waals surface area contributed by atoms with E-state index in [9.17, 15) is 4.79 Å². The Morgan fingerprint density at radius 3 is 2.57 bits per heavy atom. The van der Waals surface area contributed by atoms with Gasteiger partial charge in [-0.3, -0.25) is 9.69 Å². The zero-order valence-corrected chi connectivity index (χ0v) is 8.31. The van der Waals surface area contributed by atoms with Crippen LogP contribution in [0, 0.1) is 0 Å². The molecule has 3 nitrogen and oxygen atoms in total. The number of benzene rings is 1. The zero-order valence-electron chi connectivity index (χ0n) is 8.31. The van der Waals surface area contributed by atoms with Crippen LogP contribution in [0.1, 0.15) is 5.56 Å². The van der Waals surface area contributed by atoms with Gasteiger partial charge in [-0.15, -0.1) is 0 Å². The van der Waals surface area contributed by atoms with Crippen molar-refractivity contribution >= 4 is 5.97 Å². The lowest BCUT2D eigenvalue weighted by Crippen LogP contribution is -2.27. The predicted molar refractivity (Wildman–Crippen MR) is 55.3 cm³/mol. The fourth-order valence-corrected chi connectivity index (χ4v) is 1.27. The van der Waals surface area contributed by atoms with Crippen LogP contribution in [0.15, 0.2) is 30.3 Å². The van der Waals surface area contributed by atoms with Crippen molar-refractivity contribution in [2.75, 3.05) is 20.1 Å². The van der Waals surface area contributed by atoms with E-state index in [1.54, 1.807) is 4.90 Å². The van der Waals surface area contributed by atoms with Gasteiger partial charge in [0.05, 0.1) is 6.54 Å². The van der Waals surface area contributed by atoms with E-state index >= 15 is 0 Å². The van der Waals surface area contributed by atoms with Gasteiger partial charge in [-0.05, 0) is 19.0 Å². The van der Waals surface area contributed by atoms with Crippen LogP contribution in [0.2, 0.25) is 0 Å². The summed E-state index contributed by atoms with van der Waals surface area (Å²) in [6, 6.07) is 10.1. The molecule has 14 heavy (non-hydrogen) atoms. The van der Waals surface area contributed by atoms with Crippen LogP contribution in [0.3, 0.4) is 0 Å². The van der Waals surface area contributed by atoms with Crippen molar-refractivity contribution in [2.45, 2.75) is 6.42 Å². The molecule has 0 unspecified atom stereocenters. The van der Waals surface area contributed by atoms with Gasteiger partial charge in [0.2, 0.25) is 0 Å². The molecular formula is C11H15NO2. The number of nitrogens with zero attached hydrogens (tertiary/aromatic N) is 1. The molecule has 0 aliphatic carbocycles. The van der Waals surface area contributed by atoms with Crippen molar-refractivity contribution in [3.05, 3.63) is 35.9 Å². The van der Waals surface area contributed by atoms with Crippen LogP contribution in [0.25, 0.3) is 0 Å². The maximum Gasteiger partial charge on any atom is 0.317 e. The molecule has 0 heterocycles. The minimum absolute atomic E-state index is 0.104. The van der Waals surface area contributed by atoms with Gasteiger partial charge in [-0.25, -0.2) is 0 Å². The highest BCUT2D eigenvalue weighted by Gasteiger charge is 2.03. The number of rotatable bonds is 5. The van der Waals surface area contributed by atoms with E-state index in [-0.39, 0.29) is 6.54 Å². The molecule has 0 aromatic heterocycles. The molecule has 1 N–H and O–H groups in total. The Morgan fingerprint density at radius 2 is 2.00 bits per heavy atom. The minimum atomic E-state index is -0.777. The van der Waals surface area contributed by atoms with Crippen molar-refractivity contribution in [1.29, 1.82) is 0 Å². The third-order valence-electron chi connectivity index (χ3n) is 2.03. The SMILES string of the molecule is CN(CCc1ccccc1)CC(=O)O. The fraction of sp³-hybridized carbons (Fsp3) is 0.364. The van der Waals surface area contributed by atoms with Crippen LogP contribution in [0.4, 0.5) is 0 Å². The van der Waals surface area contributed by atoms with Gasteiger partial charge >= 0.3 is 5.97 Å². The van der Waals surface area contributed by atoms with Crippen LogP contribution >= 0.6 is 0 Å². The Morgan fingerprint density at radius 1 is 1.36 bits per heavy atom. The number of carbonyl (C=O) groups is 1. The van der Waals surface area contributed by atoms with E-state index in [1.807, 2.05) is 25.2 Å². The molecule has 0 aliphatic rings. The van der Waals surface area contributed by atoms with Crippen molar-refractivity contribution in [3.63, 3.8) is 0 Å². The van der Waals surface area contributed by atoms with Crippen LogP contribution in [-0.4, -0.2) is 36.1 Å². The average Bonchev–Trinajstić information content (AvgIpc) is 2.15. The molecule has 0 radical (unpaired) electrons. The van der Waals surface area contributed by atoms with Crippen molar-refractivity contribution < 1.29 is 9.90 Å².